The zero-order chi connectivity index (χ0) is 14.7. The lowest BCUT2D eigenvalue weighted by Gasteiger charge is -2.30. The molecule has 5 nitrogen and oxygen atoms in total. The van der Waals surface area contributed by atoms with Gasteiger partial charge in [0.05, 0.1) is 13.0 Å². The van der Waals surface area contributed by atoms with Crippen molar-refractivity contribution in [3.63, 3.8) is 0 Å². The molecule has 0 bridgehead atoms. The van der Waals surface area contributed by atoms with Crippen LogP contribution in [0.25, 0.3) is 0 Å². The van der Waals surface area contributed by atoms with Crippen molar-refractivity contribution in [2.45, 2.75) is 12.8 Å². The van der Waals surface area contributed by atoms with E-state index in [1.165, 1.54) is 7.11 Å². The summed E-state index contributed by atoms with van der Waals surface area (Å²) >= 11 is 5.90. The first kappa shape index (κ1) is 14.7. The Morgan fingerprint density at radius 2 is 1.95 bits per heavy atom. The summed E-state index contributed by atoms with van der Waals surface area (Å²) in [5.41, 5.74) is 6.63. The van der Waals surface area contributed by atoms with E-state index in [-0.39, 0.29) is 17.8 Å². The lowest BCUT2D eigenvalue weighted by Crippen LogP contribution is -2.40. The molecule has 1 fully saturated rings. The molecule has 1 amide bonds. The first-order valence-electron chi connectivity index (χ1n) is 6.44. The number of methoxy groups -OCH3 is 1. The van der Waals surface area contributed by atoms with Gasteiger partial charge < -0.3 is 15.4 Å². The molecule has 0 aliphatic carbocycles. The molecule has 1 aliphatic rings. The van der Waals surface area contributed by atoms with Gasteiger partial charge in [-0.3, -0.25) is 9.59 Å². The second kappa shape index (κ2) is 6.13. The number of anilines is 1. The third-order valence-electron chi connectivity index (χ3n) is 3.48. The number of ether oxygens (including phenoxy) is 1. The average molecular weight is 297 g/mol. The number of nitrogens with two attached hydrogens (primary N) is 1. The Hall–Kier alpha value is -1.75. The van der Waals surface area contributed by atoms with Gasteiger partial charge in [0.25, 0.3) is 5.91 Å². The molecule has 2 N–H and O–H groups in total. The summed E-state index contributed by atoms with van der Waals surface area (Å²) < 4.78 is 4.73. The van der Waals surface area contributed by atoms with E-state index in [2.05, 4.69) is 0 Å². The highest BCUT2D eigenvalue weighted by Crippen LogP contribution is 2.22. The van der Waals surface area contributed by atoms with E-state index in [9.17, 15) is 9.59 Å². The summed E-state index contributed by atoms with van der Waals surface area (Å²) in [6.45, 7) is 1.07. The SMILES string of the molecule is COC(=O)C1CCN(C(=O)c2cc(N)cc(Cl)c2)CC1. The van der Waals surface area contributed by atoms with Gasteiger partial charge >= 0.3 is 5.97 Å². The van der Waals surface area contributed by atoms with Gasteiger partial charge in [0.2, 0.25) is 0 Å². The van der Waals surface area contributed by atoms with E-state index in [0.29, 0.717) is 42.2 Å². The normalized spacial score (nSPS) is 16.0. The van der Waals surface area contributed by atoms with Crippen LogP contribution in [0.1, 0.15) is 23.2 Å². The summed E-state index contributed by atoms with van der Waals surface area (Å²) in [4.78, 5) is 25.5. The Labute approximate surface area is 122 Å². The molecule has 2 rings (SSSR count). The predicted octanol–water partition coefficient (Wildman–Crippen LogP) is 1.95. The van der Waals surface area contributed by atoms with E-state index in [4.69, 9.17) is 22.1 Å². The second-order valence-electron chi connectivity index (χ2n) is 4.86. The summed E-state index contributed by atoms with van der Waals surface area (Å²) in [6.07, 6.45) is 1.24. The van der Waals surface area contributed by atoms with Crippen LogP contribution in [-0.4, -0.2) is 37.0 Å². The molecule has 1 heterocycles. The van der Waals surface area contributed by atoms with Gasteiger partial charge in [-0.25, -0.2) is 0 Å². The maximum atomic E-state index is 12.3. The highest BCUT2D eigenvalue weighted by Gasteiger charge is 2.28. The minimum atomic E-state index is -0.205. The smallest absolute Gasteiger partial charge is 0.308 e. The van der Waals surface area contributed by atoms with Gasteiger partial charge in [0.1, 0.15) is 0 Å². The topological polar surface area (TPSA) is 72.6 Å². The van der Waals surface area contributed by atoms with Crippen LogP contribution in [0.3, 0.4) is 0 Å². The molecule has 0 unspecified atom stereocenters. The van der Waals surface area contributed by atoms with Gasteiger partial charge in [-0.05, 0) is 31.0 Å². The molecule has 1 aliphatic heterocycles. The molecule has 1 saturated heterocycles. The Bertz CT molecular complexity index is 505. The van der Waals surface area contributed by atoms with E-state index in [0.717, 1.165) is 0 Å². The summed E-state index contributed by atoms with van der Waals surface area (Å²) in [7, 11) is 1.38. The van der Waals surface area contributed by atoms with Crippen LogP contribution in [0.15, 0.2) is 18.2 Å². The lowest BCUT2D eigenvalue weighted by molar-refractivity contribution is -0.146. The number of benzene rings is 1. The van der Waals surface area contributed by atoms with Crippen molar-refractivity contribution in [1.82, 2.24) is 4.90 Å². The van der Waals surface area contributed by atoms with Gasteiger partial charge in [0, 0.05) is 29.4 Å². The fourth-order valence-electron chi connectivity index (χ4n) is 2.40. The van der Waals surface area contributed by atoms with Crippen molar-refractivity contribution in [2.24, 2.45) is 5.92 Å². The van der Waals surface area contributed by atoms with Gasteiger partial charge in [-0.15, -0.1) is 0 Å². The third-order valence-corrected chi connectivity index (χ3v) is 3.70. The van der Waals surface area contributed by atoms with Crippen LogP contribution < -0.4 is 5.73 Å². The molecule has 108 valence electrons. The molecule has 1 aromatic rings. The van der Waals surface area contributed by atoms with Crippen LogP contribution in [0.4, 0.5) is 5.69 Å². The molecular formula is C14H17ClN2O3. The van der Waals surface area contributed by atoms with Crippen molar-refractivity contribution in [2.75, 3.05) is 25.9 Å². The standard InChI is InChI=1S/C14H17ClN2O3/c1-20-14(19)9-2-4-17(5-3-9)13(18)10-6-11(15)8-12(16)7-10/h6-9H,2-5,16H2,1H3. The number of hydrogen-bond acceptors (Lipinski definition) is 4. The Morgan fingerprint density at radius 3 is 2.50 bits per heavy atom. The van der Waals surface area contributed by atoms with Gasteiger partial charge in [0.15, 0.2) is 0 Å². The molecule has 1 aromatic carbocycles. The Balaban J connectivity index is 2.03. The fourth-order valence-corrected chi connectivity index (χ4v) is 2.65. The second-order valence-corrected chi connectivity index (χ2v) is 5.30. The largest absolute Gasteiger partial charge is 0.469 e. The fraction of sp³-hybridized carbons (Fsp3) is 0.429. The van der Waals surface area contributed by atoms with Crippen LogP contribution in [-0.2, 0) is 9.53 Å². The quantitative estimate of drug-likeness (QED) is 0.669. The molecule has 0 saturated carbocycles. The van der Waals surface area contributed by atoms with E-state index < -0.39 is 0 Å². The summed E-state index contributed by atoms with van der Waals surface area (Å²) in [6, 6.07) is 4.81. The van der Waals surface area contributed by atoms with Crippen molar-refractivity contribution >= 4 is 29.2 Å². The first-order chi connectivity index (χ1) is 9.51. The maximum absolute atomic E-state index is 12.3. The highest BCUT2D eigenvalue weighted by molar-refractivity contribution is 6.31. The number of nitrogen functional groups attached to an aromatic ring is 1. The molecule has 6 heteroatoms. The average Bonchev–Trinajstić information content (AvgIpc) is 2.45. The molecule has 0 radical (unpaired) electrons. The minimum absolute atomic E-state index is 0.109. The Kier molecular flexibility index (Phi) is 4.49. The Morgan fingerprint density at radius 1 is 1.30 bits per heavy atom. The zero-order valence-electron chi connectivity index (χ0n) is 11.3. The minimum Gasteiger partial charge on any atom is -0.469 e. The number of esters is 1. The number of rotatable bonds is 2. The highest BCUT2D eigenvalue weighted by atomic mass is 35.5. The van der Waals surface area contributed by atoms with E-state index in [1.807, 2.05) is 0 Å². The van der Waals surface area contributed by atoms with Gasteiger partial charge in [-0.2, -0.15) is 0 Å². The zero-order valence-corrected chi connectivity index (χ0v) is 12.0. The lowest BCUT2D eigenvalue weighted by atomic mass is 9.96. The van der Waals surface area contributed by atoms with E-state index >= 15 is 0 Å². The van der Waals surface area contributed by atoms with Crippen LogP contribution in [0.5, 0.6) is 0 Å². The number of halogens is 1. The summed E-state index contributed by atoms with van der Waals surface area (Å²) in [5, 5.41) is 0.442. The first-order valence-corrected chi connectivity index (χ1v) is 6.82. The van der Waals surface area contributed by atoms with Crippen molar-refractivity contribution in [1.29, 1.82) is 0 Å². The number of carbonyl (C=O) groups excluding carboxylic acids is 2. The van der Waals surface area contributed by atoms with Crippen molar-refractivity contribution in [3.05, 3.63) is 28.8 Å². The number of piperidine rings is 1. The van der Waals surface area contributed by atoms with Crippen molar-refractivity contribution < 1.29 is 14.3 Å². The van der Waals surface area contributed by atoms with Gasteiger partial charge in [-0.1, -0.05) is 11.6 Å². The molecular weight excluding hydrogens is 280 g/mol. The monoisotopic (exact) mass is 296 g/mol. The maximum Gasteiger partial charge on any atom is 0.308 e. The molecule has 0 aromatic heterocycles. The molecule has 0 spiro atoms. The number of likely N-dealkylation sites (tertiary alicyclic amines) is 1. The number of carbonyl (C=O) groups is 2. The van der Waals surface area contributed by atoms with Crippen LogP contribution >= 0.6 is 11.6 Å². The van der Waals surface area contributed by atoms with E-state index in [1.54, 1.807) is 23.1 Å². The third kappa shape index (κ3) is 3.22. The number of hydrogen-bond donors (Lipinski definition) is 1. The van der Waals surface area contributed by atoms with Crippen molar-refractivity contribution in [3.8, 4) is 0 Å². The predicted molar refractivity (Wildman–Crippen MR) is 76.5 cm³/mol. The molecule has 0 atom stereocenters. The molecule has 20 heavy (non-hydrogen) atoms. The number of nitrogens with zero attached hydrogens (tertiary/aromatic N) is 1. The van der Waals surface area contributed by atoms with Crippen LogP contribution in [0.2, 0.25) is 5.02 Å². The summed E-state index contributed by atoms with van der Waals surface area (Å²) in [5.74, 6) is -0.430. The number of amides is 1. The van der Waals surface area contributed by atoms with Crippen LogP contribution in [0, 0.1) is 5.92 Å².